The molecule has 49 heavy (non-hydrogen) atoms. The lowest BCUT2D eigenvalue weighted by Gasteiger charge is -2.46. The van der Waals surface area contributed by atoms with Gasteiger partial charge in [-0.2, -0.15) is 0 Å². The number of ether oxygens (including phenoxy) is 3. The van der Waals surface area contributed by atoms with Crippen LogP contribution in [0.5, 0.6) is 0 Å². The van der Waals surface area contributed by atoms with Crippen LogP contribution in [0.25, 0.3) is 0 Å². The molecule has 280 valence electrons. The highest BCUT2D eigenvalue weighted by molar-refractivity contribution is 5.99. The molecule has 3 aliphatic heterocycles. The number of nitrogens with one attached hydrogen (secondary N) is 1. The van der Waals surface area contributed by atoms with Crippen molar-refractivity contribution in [2.24, 2.45) is 35.5 Å². The summed E-state index contributed by atoms with van der Waals surface area (Å²) in [4.78, 5) is 25.0. The Balaban J connectivity index is 1.51. The van der Waals surface area contributed by atoms with Gasteiger partial charge in [-0.25, -0.2) is 0 Å². The van der Waals surface area contributed by atoms with Gasteiger partial charge in [-0.05, 0) is 102 Å². The molecule has 0 saturated carbocycles. The third-order valence-electron chi connectivity index (χ3n) is 12.1. The van der Waals surface area contributed by atoms with E-state index in [1.54, 1.807) is 6.92 Å². The van der Waals surface area contributed by atoms with Gasteiger partial charge in [-0.1, -0.05) is 73.8 Å². The van der Waals surface area contributed by atoms with Gasteiger partial charge in [0, 0.05) is 24.7 Å². The van der Waals surface area contributed by atoms with Crippen LogP contribution in [0.2, 0.25) is 0 Å². The Kier molecular flexibility index (Phi) is 15.2. The van der Waals surface area contributed by atoms with Crippen LogP contribution in [-0.2, 0) is 23.8 Å². The third kappa shape index (κ3) is 10.5. The molecule has 0 aromatic heterocycles. The average Bonchev–Trinajstić information content (AvgIpc) is 3.41. The summed E-state index contributed by atoms with van der Waals surface area (Å²) in [6.45, 7) is 19.0. The van der Waals surface area contributed by atoms with Crippen molar-refractivity contribution in [3.05, 3.63) is 24.0 Å². The molecule has 10 unspecified atom stereocenters. The summed E-state index contributed by atoms with van der Waals surface area (Å²) in [7, 11) is 0. The van der Waals surface area contributed by atoms with Crippen LogP contribution in [0.15, 0.2) is 24.0 Å². The lowest BCUT2D eigenvalue weighted by atomic mass is 9.76. The predicted octanol–water partition coefficient (Wildman–Crippen LogP) is 9.43. The summed E-state index contributed by atoms with van der Waals surface area (Å²) >= 11 is 0. The zero-order valence-electron chi connectivity index (χ0n) is 32.2. The molecule has 3 aliphatic rings. The second kappa shape index (κ2) is 17.9. The van der Waals surface area contributed by atoms with E-state index in [4.69, 9.17) is 19.6 Å². The molecule has 11 atom stereocenters. The third-order valence-corrected chi connectivity index (χ3v) is 12.1. The van der Waals surface area contributed by atoms with E-state index < -0.39 is 35.0 Å². The van der Waals surface area contributed by atoms with Gasteiger partial charge < -0.3 is 24.4 Å². The summed E-state index contributed by atoms with van der Waals surface area (Å²) in [6.07, 6.45) is 16.5. The summed E-state index contributed by atoms with van der Waals surface area (Å²) in [5.41, 5.74) is -0.742. The van der Waals surface area contributed by atoms with Gasteiger partial charge in [0.2, 0.25) is 5.79 Å². The zero-order chi connectivity index (χ0) is 36.6. The molecule has 1 spiro atoms. The van der Waals surface area contributed by atoms with Crippen molar-refractivity contribution in [3.63, 3.8) is 0 Å². The molecular weight excluding hydrogens is 618 g/mol. The number of rotatable bonds is 20. The molecule has 8 heteroatoms. The monoisotopic (exact) mass is 688 g/mol. The van der Waals surface area contributed by atoms with Crippen molar-refractivity contribution in [3.8, 4) is 0 Å². The summed E-state index contributed by atoms with van der Waals surface area (Å²) in [6, 6.07) is 0. The van der Waals surface area contributed by atoms with Gasteiger partial charge in [0.1, 0.15) is 17.5 Å². The van der Waals surface area contributed by atoms with Crippen molar-refractivity contribution in [1.29, 1.82) is 5.41 Å². The van der Waals surface area contributed by atoms with E-state index in [0.29, 0.717) is 42.6 Å². The van der Waals surface area contributed by atoms with E-state index >= 15 is 0 Å². The van der Waals surface area contributed by atoms with Crippen molar-refractivity contribution in [2.45, 2.75) is 181 Å². The molecule has 1 fully saturated rings. The zero-order valence-corrected chi connectivity index (χ0v) is 32.2. The average molecular weight is 688 g/mol. The molecule has 3 rings (SSSR count). The quantitative estimate of drug-likeness (QED) is 0.109. The minimum absolute atomic E-state index is 0.00879. The van der Waals surface area contributed by atoms with Crippen LogP contribution in [-0.4, -0.2) is 56.9 Å². The number of unbranched alkanes of at least 4 members (excludes halogenated alkanes) is 1. The van der Waals surface area contributed by atoms with Crippen LogP contribution in [0.1, 0.15) is 152 Å². The number of carboxylic acids is 1. The number of aliphatic carboxylic acids is 1. The Morgan fingerprint density at radius 1 is 0.959 bits per heavy atom. The predicted molar refractivity (Wildman–Crippen MR) is 195 cm³/mol. The fourth-order valence-electron chi connectivity index (χ4n) is 8.61. The van der Waals surface area contributed by atoms with E-state index in [2.05, 4.69) is 61.5 Å². The Hall–Kier alpha value is -2.03. The minimum Gasteiger partial charge on any atom is -0.492 e. The lowest BCUT2D eigenvalue weighted by Crippen LogP contribution is -2.55. The van der Waals surface area contributed by atoms with Crippen LogP contribution in [0.4, 0.5) is 0 Å². The van der Waals surface area contributed by atoms with E-state index in [-0.39, 0.29) is 23.9 Å². The SMILES string of the molecule is CCC1=CCCC([C@]2(C)CCC3(OC(C)(C(C)CC(C)CC(CC)C(=O)C(C)CC(C)CCCCC(O)C(CC)C(=O)O)C=CC3=N)O2)O1. The topological polar surface area (TPSA) is 126 Å². The summed E-state index contributed by atoms with van der Waals surface area (Å²) in [5, 5.41) is 28.4. The van der Waals surface area contributed by atoms with Crippen molar-refractivity contribution in [1.82, 2.24) is 0 Å². The first-order valence-electron chi connectivity index (χ1n) is 19.5. The van der Waals surface area contributed by atoms with Crippen molar-refractivity contribution in [2.75, 3.05) is 0 Å². The van der Waals surface area contributed by atoms with Gasteiger partial charge in [-0.3, -0.25) is 15.0 Å². The van der Waals surface area contributed by atoms with E-state index in [9.17, 15) is 19.8 Å². The summed E-state index contributed by atoms with van der Waals surface area (Å²) < 4.78 is 20.0. The van der Waals surface area contributed by atoms with Gasteiger partial charge in [0.15, 0.2) is 0 Å². The Bertz CT molecular complexity index is 1180. The number of carbonyl (C=O) groups is 2. The maximum Gasteiger partial charge on any atom is 0.309 e. The second-order valence-electron chi connectivity index (χ2n) is 16.3. The Labute approximate surface area is 297 Å². The Morgan fingerprint density at radius 2 is 1.65 bits per heavy atom. The molecule has 0 amide bonds. The number of carboxylic acid groups (broad SMARTS) is 1. The van der Waals surface area contributed by atoms with Gasteiger partial charge in [0.25, 0.3) is 0 Å². The van der Waals surface area contributed by atoms with Gasteiger partial charge in [0.05, 0.1) is 29.1 Å². The molecule has 0 radical (unpaired) electrons. The molecule has 3 heterocycles. The molecule has 0 aromatic rings. The van der Waals surface area contributed by atoms with E-state index in [1.165, 1.54) is 0 Å². The van der Waals surface area contributed by atoms with Crippen LogP contribution < -0.4 is 0 Å². The fourth-order valence-corrected chi connectivity index (χ4v) is 8.61. The number of carbonyl (C=O) groups excluding carboxylic acids is 1. The molecule has 0 aliphatic carbocycles. The largest absolute Gasteiger partial charge is 0.492 e. The van der Waals surface area contributed by atoms with E-state index in [1.807, 2.05) is 12.2 Å². The number of hydrogen-bond acceptors (Lipinski definition) is 7. The maximum atomic E-state index is 13.6. The molecule has 0 bridgehead atoms. The lowest BCUT2D eigenvalue weighted by molar-refractivity contribution is -0.270. The number of allylic oxidation sites excluding steroid dienone is 2. The first-order chi connectivity index (χ1) is 23.0. The standard InChI is InChI=1S/C41H69NO7/c1-10-31(37(44)29(6)24-27(4)16-13-14-18-34(43)33(12-3)38(45)46)26-28(5)25-30(7)39(8)21-20-35(42)41(48-39)23-22-40(9,49-41)36-19-15-17-32(11-2)47-36/h17,20-21,27-31,33-34,36,42-43H,10-16,18-19,22-26H2,1-9H3,(H,45,46)/t27?,28?,29?,30?,31?,33?,34?,36?,39?,40-,41?/m0/s1. The number of aliphatic hydroxyl groups is 1. The van der Waals surface area contributed by atoms with Crippen LogP contribution in [0.3, 0.4) is 0 Å². The first kappa shape index (κ1) is 41.4. The first-order valence-corrected chi connectivity index (χ1v) is 19.5. The van der Waals surface area contributed by atoms with Gasteiger partial charge >= 0.3 is 5.97 Å². The maximum absolute atomic E-state index is 13.6. The van der Waals surface area contributed by atoms with Gasteiger partial charge in [-0.15, -0.1) is 0 Å². The molecule has 8 nitrogen and oxygen atoms in total. The minimum atomic E-state index is -1.07. The number of hydrogen-bond donors (Lipinski definition) is 3. The number of ketones is 1. The highest BCUT2D eigenvalue weighted by Crippen LogP contribution is 2.49. The highest BCUT2D eigenvalue weighted by atomic mass is 16.7. The highest BCUT2D eigenvalue weighted by Gasteiger charge is 2.58. The van der Waals surface area contributed by atoms with E-state index in [0.717, 1.165) is 76.4 Å². The van der Waals surface area contributed by atoms with Crippen molar-refractivity contribution < 1.29 is 34.0 Å². The Morgan fingerprint density at radius 3 is 2.29 bits per heavy atom. The normalized spacial score (nSPS) is 31.3. The smallest absolute Gasteiger partial charge is 0.309 e. The number of Topliss-reactive ketones (excluding diaryl/α,β-unsaturated/α-hetero) is 1. The fraction of sp³-hybridized carbons (Fsp3) is 0.829. The molecule has 0 aromatic carbocycles. The van der Waals surface area contributed by atoms with Crippen LogP contribution >= 0.6 is 0 Å². The molecular formula is C41H69NO7. The molecule has 3 N–H and O–H groups in total. The molecule has 1 saturated heterocycles. The second-order valence-corrected chi connectivity index (χ2v) is 16.3. The number of aliphatic hydroxyl groups excluding tert-OH is 1. The summed E-state index contributed by atoms with van der Waals surface area (Å²) in [5.74, 6) is -0.427. The van der Waals surface area contributed by atoms with Crippen LogP contribution in [0, 0.1) is 40.9 Å². The van der Waals surface area contributed by atoms with Crippen molar-refractivity contribution >= 4 is 17.5 Å².